The maximum Gasteiger partial charge on any atom is 0.135 e. The Morgan fingerprint density at radius 3 is 1.49 bits per heavy atom. The van der Waals surface area contributed by atoms with E-state index in [9.17, 15) is 13.7 Å². The van der Waals surface area contributed by atoms with Gasteiger partial charge in [-0.1, -0.05) is 139 Å². The number of para-hydroxylation sites is 1. The highest BCUT2D eigenvalue weighted by Crippen LogP contribution is 2.46. The molecule has 0 amide bonds. The first-order chi connectivity index (χ1) is 32.2. The minimum atomic E-state index is -1.08. The third-order valence-corrected chi connectivity index (χ3v) is 7.01. The molecule has 200 valence electrons. The van der Waals surface area contributed by atoms with Crippen LogP contribution < -0.4 is 0 Å². The van der Waals surface area contributed by atoms with Gasteiger partial charge in [-0.15, -0.1) is 0 Å². The average molecular weight is 573 g/mol. The summed E-state index contributed by atoms with van der Waals surface area (Å²) >= 11 is 0. The predicted octanol–water partition coefficient (Wildman–Crippen LogP) is 12.0. The van der Waals surface area contributed by atoms with Crippen LogP contribution in [-0.4, -0.2) is 0 Å². The molecule has 0 aliphatic heterocycles. The number of hydrogen-bond donors (Lipinski definition) is 0. The summed E-state index contributed by atoms with van der Waals surface area (Å²) < 4.78 is 238. The first-order valence-corrected chi connectivity index (χ1v) is 12.7. The topological polar surface area (TPSA) is 13.1 Å². The first kappa shape index (κ1) is 9.69. The lowest BCUT2D eigenvalue weighted by molar-refractivity contribution is 0.669. The van der Waals surface area contributed by atoms with Gasteiger partial charge in [-0.2, -0.15) is 0 Å². The zero-order chi connectivity index (χ0) is 51.0. The molecule has 1 nitrogen and oxygen atoms in total. The SMILES string of the molecule is [2H]c1c([2H])c([2H])c(-c2c3c([2H])c([2H])c([2H])c([2H])c3c(-c3c([2H])c([2H])c(-c4c([2H])c([2H])c5oc6c([2H])c([2H])c([2H])c([2H])c6c5c4[2H])c4c([2H])c([2H])c([2H])c([2H])c34)c3c([2H])c([2H])c([2H])c([2H])c23)c([2H])c1[2H]. The summed E-state index contributed by atoms with van der Waals surface area (Å²) in [6.45, 7) is 0. The van der Waals surface area contributed by atoms with Crippen molar-refractivity contribution in [3.8, 4) is 33.4 Å². The minimum absolute atomic E-state index is 0.406. The average Bonchev–Trinajstić information content (AvgIpc) is 3.74. The second-order valence-corrected chi connectivity index (χ2v) is 9.26. The molecule has 9 rings (SSSR count). The fourth-order valence-electron chi connectivity index (χ4n) is 5.24. The van der Waals surface area contributed by atoms with E-state index < -0.39 is 245 Å². The molecular formula is C42H26O. The van der Waals surface area contributed by atoms with Gasteiger partial charge < -0.3 is 4.42 Å². The number of hydrogen-bond acceptors (Lipinski definition) is 1. The minimum Gasteiger partial charge on any atom is -0.456 e. The predicted molar refractivity (Wildman–Crippen MR) is 183 cm³/mol. The van der Waals surface area contributed by atoms with Crippen LogP contribution in [-0.2, 0) is 0 Å². The maximum atomic E-state index is 9.78. The normalized spacial score (nSPS) is 20.2. The monoisotopic (exact) mass is 572 g/mol. The highest BCUT2D eigenvalue weighted by molar-refractivity contribution is 6.24. The summed E-state index contributed by atoms with van der Waals surface area (Å²) in [6.07, 6.45) is 0. The van der Waals surface area contributed by atoms with Crippen LogP contribution in [0.4, 0.5) is 0 Å². The molecule has 43 heavy (non-hydrogen) atoms. The summed E-state index contributed by atoms with van der Waals surface area (Å²) in [5, 5.41) is -5.22. The Balaban J connectivity index is 1.63. The van der Waals surface area contributed by atoms with Crippen LogP contribution in [0, 0.1) is 0 Å². The van der Waals surface area contributed by atoms with E-state index in [-0.39, 0.29) is 0 Å². The van der Waals surface area contributed by atoms with E-state index in [1.54, 1.807) is 0 Å². The molecule has 0 atom stereocenters. The lowest BCUT2D eigenvalue weighted by atomic mass is 9.84. The van der Waals surface area contributed by atoms with Gasteiger partial charge in [-0.05, 0) is 83.8 Å². The Morgan fingerprint density at radius 1 is 0.326 bits per heavy atom. The molecule has 0 fully saturated rings. The lowest BCUT2D eigenvalue weighted by Gasteiger charge is -2.19. The molecule has 0 saturated carbocycles. The van der Waals surface area contributed by atoms with E-state index in [0.717, 1.165) is 0 Å². The summed E-state index contributed by atoms with van der Waals surface area (Å²) in [6, 6.07) is -24.0. The Labute approximate surface area is 285 Å². The van der Waals surface area contributed by atoms with Gasteiger partial charge in [0.2, 0.25) is 0 Å². The number of fused-ring (bicyclic) bond motifs is 6. The van der Waals surface area contributed by atoms with Gasteiger partial charge in [0.05, 0.1) is 35.6 Å². The highest BCUT2D eigenvalue weighted by atomic mass is 16.3. The van der Waals surface area contributed by atoms with E-state index in [0.29, 0.717) is 0 Å². The Hall–Kier alpha value is -5.66. The largest absolute Gasteiger partial charge is 0.456 e. The highest BCUT2D eigenvalue weighted by Gasteiger charge is 2.19. The van der Waals surface area contributed by atoms with Crippen molar-refractivity contribution >= 4 is 54.3 Å². The fraction of sp³-hybridized carbons (Fsp3) is 0. The molecule has 0 spiro atoms. The van der Waals surface area contributed by atoms with Crippen molar-refractivity contribution in [2.24, 2.45) is 0 Å². The molecule has 1 heterocycles. The summed E-state index contributed by atoms with van der Waals surface area (Å²) in [4.78, 5) is 0. The third-order valence-electron chi connectivity index (χ3n) is 7.01. The molecule has 0 bridgehead atoms. The van der Waals surface area contributed by atoms with Gasteiger partial charge in [0.1, 0.15) is 11.2 Å². The molecule has 0 aliphatic carbocycles. The summed E-state index contributed by atoms with van der Waals surface area (Å²) in [5.41, 5.74) is -5.49. The van der Waals surface area contributed by atoms with Crippen molar-refractivity contribution in [3.63, 3.8) is 0 Å². The van der Waals surface area contributed by atoms with Gasteiger partial charge in [-0.25, -0.2) is 0 Å². The summed E-state index contributed by atoms with van der Waals surface area (Å²) in [5.74, 6) is 0. The zero-order valence-electron chi connectivity index (χ0n) is 47.4. The van der Waals surface area contributed by atoms with E-state index in [1.807, 2.05) is 0 Å². The lowest BCUT2D eigenvalue weighted by Crippen LogP contribution is -1.92. The van der Waals surface area contributed by atoms with Gasteiger partial charge in [0.25, 0.3) is 0 Å². The Bertz CT molecular complexity index is 3860. The summed E-state index contributed by atoms with van der Waals surface area (Å²) in [7, 11) is 0. The van der Waals surface area contributed by atoms with Crippen molar-refractivity contribution in [3.05, 3.63) is 157 Å². The van der Waals surface area contributed by atoms with Gasteiger partial charge in [-0.3, -0.25) is 0 Å². The van der Waals surface area contributed by atoms with E-state index >= 15 is 0 Å². The molecule has 0 unspecified atom stereocenters. The van der Waals surface area contributed by atoms with Crippen molar-refractivity contribution < 1.29 is 40.1 Å². The molecule has 1 heteroatoms. The number of furan rings is 1. The van der Waals surface area contributed by atoms with Gasteiger partial charge >= 0.3 is 0 Å². The van der Waals surface area contributed by atoms with Crippen LogP contribution >= 0.6 is 0 Å². The van der Waals surface area contributed by atoms with Crippen LogP contribution in [0.25, 0.3) is 87.6 Å². The van der Waals surface area contributed by atoms with Crippen molar-refractivity contribution in [1.29, 1.82) is 0 Å². The molecule has 0 radical (unpaired) electrons. The zero-order valence-corrected chi connectivity index (χ0v) is 21.4. The Morgan fingerprint density at radius 2 is 0.814 bits per heavy atom. The third kappa shape index (κ3) is 3.65. The number of benzene rings is 8. The maximum absolute atomic E-state index is 9.78. The molecule has 9 aromatic rings. The molecule has 0 aliphatic rings. The van der Waals surface area contributed by atoms with Crippen LogP contribution in [0.15, 0.2) is 162 Å². The van der Waals surface area contributed by atoms with Crippen LogP contribution in [0.5, 0.6) is 0 Å². The van der Waals surface area contributed by atoms with E-state index in [1.165, 1.54) is 0 Å². The molecular weight excluding hydrogens is 520 g/mol. The van der Waals surface area contributed by atoms with Gasteiger partial charge in [0.15, 0.2) is 0 Å². The number of rotatable bonds is 3. The van der Waals surface area contributed by atoms with Crippen molar-refractivity contribution in [2.45, 2.75) is 0 Å². The molecule has 8 aromatic carbocycles. The molecule has 0 N–H and O–H groups in total. The van der Waals surface area contributed by atoms with Gasteiger partial charge in [0, 0.05) is 10.8 Å². The molecule has 1 aromatic heterocycles. The van der Waals surface area contributed by atoms with E-state index in [2.05, 4.69) is 0 Å². The molecule has 0 saturated heterocycles. The van der Waals surface area contributed by atoms with Crippen LogP contribution in [0.2, 0.25) is 0 Å². The smallest absolute Gasteiger partial charge is 0.135 e. The first-order valence-electron chi connectivity index (χ1n) is 25.7. The fourth-order valence-corrected chi connectivity index (χ4v) is 5.24. The standard InChI is InChI=1S/C42H26O/c1-2-12-27(13-3-1)41-33-17-6-8-19-35(33)42(36-20-9-7-18-34(36)41)37-24-23-29(30-14-4-5-15-31(30)37)28-22-25-40-38(26-28)32-16-10-11-21-39(32)43-40/h1-26H/i1D,2D,3D,4D,5D,6D,7D,8D,9D,10D,11D,12D,13D,14D,15D,16D,17D,18D,19D,20D,21D,22D,23D,24D,25D,26D. The van der Waals surface area contributed by atoms with E-state index in [4.69, 9.17) is 26.3 Å². The van der Waals surface area contributed by atoms with Crippen molar-refractivity contribution in [1.82, 2.24) is 0 Å². The Kier molecular flexibility index (Phi) is 2.13. The van der Waals surface area contributed by atoms with Crippen molar-refractivity contribution in [2.75, 3.05) is 0 Å². The van der Waals surface area contributed by atoms with Crippen LogP contribution in [0.3, 0.4) is 0 Å². The quantitative estimate of drug-likeness (QED) is 0.192. The second-order valence-electron chi connectivity index (χ2n) is 9.26. The van der Waals surface area contributed by atoms with Crippen LogP contribution in [0.1, 0.15) is 35.6 Å². The second kappa shape index (κ2) is 9.44.